The SMILES string of the molecule is CCCCCC1CC=C(N(C)C)c2ccccc21. The highest BCUT2D eigenvalue weighted by molar-refractivity contribution is 5.69. The molecule has 1 aromatic rings. The van der Waals surface area contributed by atoms with E-state index in [-0.39, 0.29) is 0 Å². The summed E-state index contributed by atoms with van der Waals surface area (Å²) in [6.45, 7) is 2.28. The molecule has 1 heteroatoms. The van der Waals surface area contributed by atoms with Crippen molar-refractivity contribution in [2.75, 3.05) is 14.1 Å². The molecule has 1 atom stereocenters. The maximum Gasteiger partial charge on any atom is 0.0397 e. The van der Waals surface area contributed by atoms with Gasteiger partial charge in [-0.05, 0) is 24.3 Å². The van der Waals surface area contributed by atoms with Gasteiger partial charge >= 0.3 is 0 Å². The molecule has 1 aliphatic carbocycles. The van der Waals surface area contributed by atoms with Gasteiger partial charge in [-0.25, -0.2) is 0 Å². The van der Waals surface area contributed by atoms with E-state index in [1.165, 1.54) is 43.4 Å². The monoisotopic (exact) mass is 243 g/mol. The van der Waals surface area contributed by atoms with Crippen molar-refractivity contribution in [2.24, 2.45) is 0 Å². The van der Waals surface area contributed by atoms with E-state index in [0.717, 1.165) is 5.92 Å². The van der Waals surface area contributed by atoms with Gasteiger partial charge in [-0.2, -0.15) is 0 Å². The van der Waals surface area contributed by atoms with Crippen LogP contribution in [0.25, 0.3) is 5.70 Å². The molecule has 0 aromatic heterocycles. The van der Waals surface area contributed by atoms with Crippen LogP contribution in [0.15, 0.2) is 30.3 Å². The number of unbranched alkanes of at least 4 members (excludes halogenated alkanes) is 2. The number of allylic oxidation sites excluding steroid dienone is 1. The molecule has 0 saturated carbocycles. The number of nitrogens with zero attached hydrogens (tertiary/aromatic N) is 1. The summed E-state index contributed by atoms with van der Waals surface area (Å²) in [6.07, 6.45) is 8.99. The summed E-state index contributed by atoms with van der Waals surface area (Å²) in [7, 11) is 4.28. The van der Waals surface area contributed by atoms with Crippen LogP contribution in [0.3, 0.4) is 0 Å². The molecule has 0 saturated heterocycles. The van der Waals surface area contributed by atoms with Gasteiger partial charge in [-0.3, -0.25) is 0 Å². The second-order valence-corrected chi connectivity index (χ2v) is 5.50. The van der Waals surface area contributed by atoms with E-state index in [4.69, 9.17) is 0 Å². The molecule has 98 valence electrons. The molecule has 1 aromatic carbocycles. The lowest BCUT2D eigenvalue weighted by Crippen LogP contribution is -2.16. The topological polar surface area (TPSA) is 3.24 Å². The fourth-order valence-corrected chi connectivity index (χ4v) is 2.91. The predicted molar refractivity (Wildman–Crippen MR) is 79.6 cm³/mol. The van der Waals surface area contributed by atoms with E-state index in [2.05, 4.69) is 56.3 Å². The van der Waals surface area contributed by atoms with Crippen LogP contribution >= 0.6 is 0 Å². The molecular formula is C17H25N. The Morgan fingerprint density at radius 2 is 1.94 bits per heavy atom. The van der Waals surface area contributed by atoms with E-state index in [9.17, 15) is 0 Å². The van der Waals surface area contributed by atoms with Crippen LogP contribution in [0.5, 0.6) is 0 Å². The molecule has 0 radical (unpaired) electrons. The average Bonchev–Trinajstić information content (AvgIpc) is 2.38. The predicted octanol–water partition coefficient (Wildman–Crippen LogP) is 4.66. The van der Waals surface area contributed by atoms with Crippen LogP contribution in [0.4, 0.5) is 0 Å². The van der Waals surface area contributed by atoms with Crippen LogP contribution in [0.2, 0.25) is 0 Å². The summed E-state index contributed by atoms with van der Waals surface area (Å²) < 4.78 is 0. The lowest BCUT2D eigenvalue weighted by atomic mass is 9.82. The van der Waals surface area contributed by atoms with Crippen molar-refractivity contribution in [2.45, 2.75) is 44.9 Å². The van der Waals surface area contributed by atoms with Crippen LogP contribution in [0.1, 0.15) is 56.1 Å². The molecule has 0 heterocycles. The first-order valence-electron chi connectivity index (χ1n) is 7.20. The zero-order valence-electron chi connectivity index (χ0n) is 11.9. The van der Waals surface area contributed by atoms with Gasteiger partial charge in [0.05, 0.1) is 0 Å². The first kappa shape index (κ1) is 13.2. The highest BCUT2D eigenvalue weighted by atomic mass is 15.1. The molecule has 1 unspecified atom stereocenters. The first-order chi connectivity index (χ1) is 8.74. The van der Waals surface area contributed by atoms with Crippen molar-refractivity contribution in [3.05, 3.63) is 41.5 Å². The van der Waals surface area contributed by atoms with Crippen molar-refractivity contribution in [3.63, 3.8) is 0 Å². The van der Waals surface area contributed by atoms with E-state index in [1.807, 2.05) is 0 Å². The third-order valence-corrected chi connectivity index (χ3v) is 3.91. The molecule has 0 fully saturated rings. The zero-order valence-corrected chi connectivity index (χ0v) is 11.9. The first-order valence-corrected chi connectivity index (χ1v) is 7.20. The maximum absolute atomic E-state index is 2.42. The highest BCUT2D eigenvalue weighted by Crippen LogP contribution is 2.37. The van der Waals surface area contributed by atoms with Gasteiger partial charge in [0.25, 0.3) is 0 Å². The van der Waals surface area contributed by atoms with Crippen LogP contribution in [-0.2, 0) is 0 Å². The fraction of sp³-hybridized carbons (Fsp3) is 0.529. The Bertz CT molecular complexity index is 417. The lowest BCUT2D eigenvalue weighted by molar-refractivity contribution is 0.542. The quantitative estimate of drug-likeness (QED) is 0.680. The smallest absolute Gasteiger partial charge is 0.0397 e. The number of fused-ring (bicyclic) bond motifs is 1. The fourth-order valence-electron chi connectivity index (χ4n) is 2.91. The molecule has 1 nitrogen and oxygen atoms in total. The summed E-state index contributed by atoms with van der Waals surface area (Å²) in [4.78, 5) is 2.24. The van der Waals surface area contributed by atoms with Crippen LogP contribution in [-0.4, -0.2) is 19.0 Å². The second-order valence-electron chi connectivity index (χ2n) is 5.50. The number of hydrogen-bond donors (Lipinski definition) is 0. The number of benzene rings is 1. The highest BCUT2D eigenvalue weighted by Gasteiger charge is 2.21. The van der Waals surface area contributed by atoms with Crippen molar-refractivity contribution in [3.8, 4) is 0 Å². The van der Waals surface area contributed by atoms with Gasteiger partial charge in [0, 0.05) is 25.4 Å². The van der Waals surface area contributed by atoms with E-state index >= 15 is 0 Å². The van der Waals surface area contributed by atoms with E-state index < -0.39 is 0 Å². The van der Waals surface area contributed by atoms with Crippen molar-refractivity contribution >= 4 is 5.70 Å². The minimum absolute atomic E-state index is 0.733. The molecular weight excluding hydrogens is 218 g/mol. The maximum atomic E-state index is 2.42. The summed E-state index contributed by atoms with van der Waals surface area (Å²) >= 11 is 0. The Morgan fingerprint density at radius 1 is 1.17 bits per heavy atom. The van der Waals surface area contributed by atoms with Gasteiger partial charge in [-0.15, -0.1) is 0 Å². The van der Waals surface area contributed by atoms with E-state index in [0.29, 0.717) is 0 Å². The Balaban J connectivity index is 2.19. The minimum Gasteiger partial charge on any atom is -0.377 e. The second kappa shape index (κ2) is 6.08. The largest absolute Gasteiger partial charge is 0.377 e. The number of hydrogen-bond acceptors (Lipinski definition) is 1. The zero-order chi connectivity index (χ0) is 13.0. The molecule has 0 spiro atoms. The minimum atomic E-state index is 0.733. The Labute approximate surface area is 112 Å². The summed E-state index contributed by atoms with van der Waals surface area (Å²) in [6, 6.07) is 8.93. The van der Waals surface area contributed by atoms with Crippen molar-refractivity contribution in [1.82, 2.24) is 4.90 Å². The molecule has 18 heavy (non-hydrogen) atoms. The average molecular weight is 243 g/mol. The lowest BCUT2D eigenvalue weighted by Gasteiger charge is -2.29. The van der Waals surface area contributed by atoms with Gasteiger partial charge in [-0.1, -0.05) is 56.5 Å². The third kappa shape index (κ3) is 2.77. The van der Waals surface area contributed by atoms with Crippen LogP contribution in [0, 0.1) is 0 Å². The summed E-state index contributed by atoms with van der Waals surface area (Å²) in [5.41, 5.74) is 4.38. The third-order valence-electron chi connectivity index (χ3n) is 3.91. The number of rotatable bonds is 5. The van der Waals surface area contributed by atoms with Crippen molar-refractivity contribution < 1.29 is 0 Å². The van der Waals surface area contributed by atoms with Gasteiger partial charge in [0.15, 0.2) is 0 Å². The summed E-state index contributed by atoms with van der Waals surface area (Å²) in [5.74, 6) is 0.733. The van der Waals surface area contributed by atoms with Gasteiger partial charge < -0.3 is 4.90 Å². The molecule has 1 aliphatic rings. The molecule has 0 N–H and O–H groups in total. The van der Waals surface area contributed by atoms with Crippen LogP contribution < -0.4 is 0 Å². The summed E-state index contributed by atoms with van der Waals surface area (Å²) in [5, 5.41) is 0. The molecule has 0 amide bonds. The van der Waals surface area contributed by atoms with E-state index in [1.54, 1.807) is 5.56 Å². The Morgan fingerprint density at radius 3 is 2.67 bits per heavy atom. The Kier molecular flexibility index (Phi) is 4.46. The standard InChI is InChI=1S/C17H25N/c1-4-5-6-9-14-12-13-17(18(2)3)16-11-8-7-10-15(14)16/h7-8,10-11,13-14H,4-6,9,12H2,1-3H3. The molecule has 0 bridgehead atoms. The van der Waals surface area contributed by atoms with Gasteiger partial charge in [0.1, 0.15) is 0 Å². The molecule has 0 aliphatic heterocycles. The normalized spacial score (nSPS) is 18.2. The Hall–Kier alpha value is -1.24. The van der Waals surface area contributed by atoms with Crippen molar-refractivity contribution in [1.29, 1.82) is 0 Å². The van der Waals surface area contributed by atoms with Gasteiger partial charge in [0.2, 0.25) is 0 Å². The molecule has 2 rings (SSSR count).